The molecule has 0 bridgehead atoms. The number of nitrogens with one attached hydrogen (secondary N) is 1. The van der Waals surface area contributed by atoms with Gasteiger partial charge in [0.15, 0.2) is 0 Å². The van der Waals surface area contributed by atoms with Gasteiger partial charge < -0.3 is 0 Å². The number of benzene rings is 3. The van der Waals surface area contributed by atoms with Gasteiger partial charge in [0.25, 0.3) is 10.0 Å². The number of halogens is 3. The first-order chi connectivity index (χ1) is 16.5. The van der Waals surface area contributed by atoms with Crippen LogP contribution in [0.5, 0.6) is 0 Å². The van der Waals surface area contributed by atoms with Gasteiger partial charge in [-0.15, -0.1) is 11.8 Å². The highest BCUT2D eigenvalue weighted by molar-refractivity contribution is 8.00. The van der Waals surface area contributed by atoms with Gasteiger partial charge >= 0.3 is 6.18 Å². The van der Waals surface area contributed by atoms with Crippen LogP contribution in [0.2, 0.25) is 0 Å². The van der Waals surface area contributed by atoms with Crippen LogP contribution in [0.15, 0.2) is 77.7 Å². The fourth-order valence-corrected chi connectivity index (χ4v) is 6.04. The highest BCUT2D eigenvalue weighted by atomic mass is 32.2. The molecular weight excluding hydrogens is 497 g/mol. The van der Waals surface area contributed by atoms with E-state index in [0.29, 0.717) is 17.5 Å². The second kappa shape index (κ2) is 9.58. The fraction of sp³-hybridized carbons (Fsp3) is 0.240. The molecule has 1 N–H and O–H groups in total. The molecule has 1 amide bonds. The summed E-state index contributed by atoms with van der Waals surface area (Å²) in [5.41, 5.74) is 1.72. The lowest BCUT2D eigenvalue weighted by molar-refractivity contribution is -0.137. The maximum atomic E-state index is 13.0. The number of carbonyl (C=O) groups excluding carboxylic acids is 1. The molecule has 1 atom stereocenters. The molecule has 1 aliphatic heterocycles. The maximum absolute atomic E-state index is 13.0. The average molecular weight is 521 g/mol. The van der Waals surface area contributed by atoms with Crippen molar-refractivity contribution >= 4 is 39.1 Å². The number of hydrogen-bond acceptors (Lipinski definition) is 4. The lowest BCUT2D eigenvalue weighted by Gasteiger charge is -2.25. The zero-order valence-corrected chi connectivity index (χ0v) is 20.5. The van der Waals surface area contributed by atoms with Crippen LogP contribution < -0.4 is 9.62 Å². The van der Waals surface area contributed by atoms with E-state index in [2.05, 4.69) is 18.6 Å². The summed E-state index contributed by atoms with van der Waals surface area (Å²) < 4.78 is 67.0. The smallest absolute Gasteiger partial charge is 0.295 e. The first kappa shape index (κ1) is 25.1. The van der Waals surface area contributed by atoms with Gasteiger partial charge in [0, 0.05) is 11.4 Å². The largest absolute Gasteiger partial charge is 0.416 e. The zero-order valence-electron chi connectivity index (χ0n) is 18.9. The Hall–Kier alpha value is -2.98. The molecule has 1 aliphatic rings. The predicted octanol–water partition coefficient (Wildman–Crippen LogP) is 6.41. The van der Waals surface area contributed by atoms with Crippen LogP contribution in [0.4, 0.5) is 24.5 Å². The first-order valence-corrected chi connectivity index (χ1v) is 13.3. The van der Waals surface area contributed by atoms with Crippen LogP contribution in [-0.2, 0) is 21.0 Å². The molecule has 1 heterocycles. The summed E-state index contributed by atoms with van der Waals surface area (Å²) in [4.78, 5) is 13.9. The summed E-state index contributed by atoms with van der Waals surface area (Å²) in [5, 5.41) is -0.370. The first-order valence-electron chi connectivity index (χ1n) is 10.8. The van der Waals surface area contributed by atoms with Gasteiger partial charge in [-0.25, -0.2) is 8.42 Å². The lowest BCUT2D eigenvalue weighted by Crippen LogP contribution is -2.27. The third kappa shape index (κ3) is 5.48. The monoisotopic (exact) mass is 520 g/mol. The van der Waals surface area contributed by atoms with Gasteiger partial charge in [-0.3, -0.25) is 14.4 Å². The second-order valence-corrected chi connectivity index (χ2v) is 11.2. The van der Waals surface area contributed by atoms with E-state index < -0.39 is 26.7 Å². The predicted molar refractivity (Wildman–Crippen MR) is 132 cm³/mol. The van der Waals surface area contributed by atoms with E-state index >= 15 is 0 Å². The maximum Gasteiger partial charge on any atom is 0.416 e. The highest BCUT2D eigenvalue weighted by Gasteiger charge is 2.35. The summed E-state index contributed by atoms with van der Waals surface area (Å²) in [6.07, 6.45) is -4.66. The molecule has 0 aliphatic carbocycles. The number of alkyl halides is 3. The van der Waals surface area contributed by atoms with E-state index in [0.717, 1.165) is 29.4 Å². The van der Waals surface area contributed by atoms with Gasteiger partial charge in [-0.1, -0.05) is 44.2 Å². The number of amides is 1. The number of sulfonamides is 1. The number of anilines is 2. The minimum Gasteiger partial charge on any atom is -0.295 e. The molecule has 3 aromatic rings. The minimum atomic E-state index is -4.66. The molecular formula is C25H23F3N2O3S2. The minimum absolute atomic E-state index is 0.0627. The Balaban J connectivity index is 1.60. The second-order valence-electron chi connectivity index (χ2n) is 8.43. The van der Waals surface area contributed by atoms with Crippen LogP contribution in [0.25, 0.3) is 0 Å². The van der Waals surface area contributed by atoms with Crippen molar-refractivity contribution in [2.45, 2.75) is 36.2 Å². The molecule has 1 saturated heterocycles. The van der Waals surface area contributed by atoms with Gasteiger partial charge in [0.1, 0.15) is 5.37 Å². The van der Waals surface area contributed by atoms with Crippen molar-refractivity contribution in [3.8, 4) is 0 Å². The summed E-state index contributed by atoms with van der Waals surface area (Å²) >= 11 is 1.42. The van der Waals surface area contributed by atoms with Gasteiger partial charge in [-0.2, -0.15) is 13.2 Å². The topological polar surface area (TPSA) is 66.5 Å². The molecule has 4 rings (SSSR count). The molecule has 0 aromatic heterocycles. The summed E-state index contributed by atoms with van der Waals surface area (Å²) in [7, 11) is -4.26. The van der Waals surface area contributed by atoms with Crippen molar-refractivity contribution < 1.29 is 26.4 Å². The zero-order chi connectivity index (χ0) is 25.4. The Morgan fingerprint density at radius 2 is 1.69 bits per heavy atom. The van der Waals surface area contributed by atoms with E-state index in [-0.39, 0.29) is 22.7 Å². The molecule has 0 spiro atoms. The normalized spacial score (nSPS) is 16.7. The number of carbonyl (C=O) groups is 1. The van der Waals surface area contributed by atoms with Crippen molar-refractivity contribution in [2.24, 2.45) is 0 Å². The van der Waals surface area contributed by atoms with E-state index in [1.807, 2.05) is 24.3 Å². The number of hydrogen-bond donors (Lipinski definition) is 1. The fourth-order valence-electron chi connectivity index (χ4n) is 3.78. The molecule has 0 radical (unpaired) electrons. The summed E-state index contributed by atoms with van der Waals surface area (Å²) in [6, 6.07) is 17.9. The Kier molecular flexibility index (Phi) is 6.88. The van der Waals surface area contributed by atoms with Crippen LogP contribution >= 0.6 is 11.8 Å². The average Bonchev–Trinajstić information content (AvgIpc) is 3.20. The molecule has 3 aromatic carbocycles. The van der Waals surface area contributed by atoms with E-state index in [9.17, 15) is 26.4 Å². The quantitative estimate of drug-likeness (QED) is 0.408. The molecule has 184 valence electrons. The van der Waals surface area contributed by atoms with Crippen molar-refractivity contribution in [3.05, 3.63) is 89.5 Å². The molecule has 5 nitrogen and oxygen atoms in total. The van der Waals surface area contributed by atoms with E-state index in [1.54, 1.807) is 23.1 Å². The third-order valence-corrected chi connectivity index (χ3v) is 8.19. The third-order valence-electron chi connectivity index (χ3n) is 5.60. The Labute approximate surface area is 206 Å². The Morgan fingerprint density at radius 3 is 2.34 bits per heavy atom. The number of rotatable bonds is 6. The number of thioether (sulfide) groups is 1. The number of nitrogens with zero attached hydrogens (tertiary/aromatic N) is 1. The van der Waals surface area contributed by atoms with Crippen molar-refractivity contribution in [1.29, 1.82) is 0 Å². The van der Waals surface area contributed by atoms with Crippen molar-refractivity contribution in [3.63, 3.8) is 0 Å². The van der Waals surface area contributed by atoms with Crippen LogP contribution in [-0.4, -0.2) is 20.1 Å². The van der Waals surface area contributed by atoms with Crippen molar-refractivity contribution in [1.82, 2.24) is 0 Å². The van der Waals surface area contributed by atoms with Gasteiger partial charge in [0.2, 0.25) is 5.91 Å². The summed E-state index contributed by atoms with van der Waals surface area (Å²) in [6.45, 7) is 4.17. The molecule has 10 heteroatoms. The molecule has 35 heavy (non-hydrogen) atoms. The standard InChI is InChI=1S/C25H23F3N2O3S2/c1-16(2)17-9-11-21(12-10-17)30-23(31)15-34-24(30)18-5-3-7-20(13-18)29-35(32,33)22-8-4-6-19(14-22)25(26,27)28/h3-14,16,24,29H,15H2,1-2H3. The Bertz CT molecular complexity index is 1340. The van der Waals surface area contributed by atoms with Crippen LogP contribution in [0, 0.1) is 0 Å². The molecule has 1 fully saturated rings. The van der Waals surface area contributed by atoms with E-state index in [1.165, 1.54) is 17.8 Å². The van der Waals surface area contributed by atoms with Crippen LogP contribution in [0.3, 0.4) is 0 Å². The summed E-state index contributed by atoms with van der Waals surface area (Å²) in [5.74, 6) is 0.564. The van der Waals surface area contributed by atoms with Crippen molar-refractivity contribution in [2.75, 3.05) is 15.4 Å². The Morgan fingerprint density at radius 1 is 1.00 bits per heavy atom. The van der Waals surface area contributed by atoms with Gasteiger partial charge in [0.05, 0.1) is 16.2 Å². The van der Waals surface area contributed by atoms with Gasteiger partial charge in [-0.05, 0) is 59.5 Å². The molecule has 0 saturated carbocycles. The van der Waals surface area contributed by atoms with E-state index in [4.69, 9.17) is 0 Å². The van der Waals surface area contributed by atoms with Crippen LogP contribution in [0.1, 0.15) is 41.8 Å². The molecule has 1 unspecified atom stereocenters. The highest BCUT2D eigenvalue weighted by Crippen LogP contribution is 2.42. The lowest BCUT2D eigenvalue weighted by atomic mass is 10.0. The SMILES string of the molecule is CC(C)c1ccc(N2C(=O)CSC2c2cccc(NS(=O)(=O)c3cccc(C(F)(F)F)c3)c2)cc1.